The van der Waals surface area contributed by atoms with Gasteiger partial charge < -0.3 is 9.40 Å². The number of halogens is 1. The molecule has 4 aromatic rings. The number of nitro benzene ring substituents is 1. The molecule has 5 rings (SSSR count). The lowest BCUT2D eigenvalue weighted by molar-refractivity contribution is -0.384. The Balaban J connectivity index is 1.55. The van der Waals surface area contributed by atoms with E-state index in [0.29, 0.717) is 16.0 Å². The first-order chi connectivity index (χ1) is 15.9. The van der Waals surface area contributed by atoms with Gasteiger partial charge in [0.15, 0.2) is 5.82 Å². The average Bonchev–Trinajstić information content (AvgIpc) is 3.41. The third kappa shape index (κ3) is 3.84. The number of furan rings is 1. The van der Waals surface area contributed by atoms with Crippen LogP contribution in [0.3, 0.4) is 0 Å². The van der Waals surface area contributed by atoms with Crippen molar-refractivity contribution in [1.82, 2.24) is 9.97 Å². The van der Waals surface area contributed by atoms with Crippen LogP contribution in [-0.4, -0.2) is 14.9 Å². The van der Waals surface area contributed by atoms with Gasteiger partial charge in [-0.3, -0.25) is 14.9 Å². The fraction of sp³-hybridized carbons (Fsp3) is 0.174. The molecule has 0 fully saturated rings. The van der Waals surface area contributed by atoms with Gasteiger partial charge in [0.25, 0.3) is 11.2 Å². The highest BCUT2D eigenvalue weighted by Crippen LogP contribution is 2.35. The van der Waals surface area contributed by atoms with Gasteiger partial charge in [0.05, 0.1) is 21.4 Å². The van der Waals surface area contributed by atoms with Gasteiger partial charge in [-0.15, -0.1) is 11.3 Å². The summed E-state index contributed by atoms with van der Waals surface area (Å²) in [6.45, 7) is 0. The van der Waals surface area contributed by atoms with Crippen LogP contribution < -0.4 is 5.56 Å². The number of aromatic nitrogens is 2. The van der Waals surface area contributed by atoms with Gasteiger partial charge in [-0.2, -0.15) is 5.26 Å². The fourth-order valence-electron chi connectivity index (χ4n) is 4.03. The molecule has 1 N–H and O–H groups in total. The molecule has 3 aromatic heterocycles. The predicted octanol–water partition coefficient (Wildman–Crippen LogP) is 5.75. The number of nitro groups is 1. The second-order valence-electron chi connectivity index (χ2n) is 7.60. The Bertz CT molecular complexity index is 1560. The number of nitriles is 1. The Morgan fingerprint density at radius 1 is 1.30 bits per heavy atom. The van der Waals surface area contributed by atoms with Gasteiger partial charge in [-0.1, -0.05) is 11.6 Å². The number of nitrogens with one attached hydrogen (secondary N) is 1. The topological polar surface area (TPSA) is 126 Å². The quantitative estimate of drug-likeness (QED) is 0.226. The van der Waals surface area contributed by atoms with Crippen molar-refractivity contribution < 1.29 is 9.34 Å². The van der Waals surface area contributed by atoms with E-state index in [0.717, 1.165) is 31.2 Å². The molecule has 0 aliphatic heterocycles. The van der Waals surface area contributed by atoms with Crippen LogP contribution in [0.15, 0.2) is 39.5 Å². The standard InChI is InChI=1S/C23H15ClN4O4S/c24-13-5-7-15(17(10-13)28(30)31)18-8-6-14(32-18)9-12(11-25)21-26-22(29)20-16-3-1-2-4-19(16)33-23(20)27-21/h5-10H,1-4H2,(H,26,27,29)/b12-9+. The van der Waals surface area contributed by atoms with Crippen LogP contribution in [0.5, 0.6) is 0 Å². The lowest BCUT2D eigenvalue weighted by atomic mass is 9.97. The Hall–Kier alpha value is -3.74. The molecule has 8 nitrogen and oxygen atoms in total. The lowest BCUT2D eigenvalue weighted by Crippen LogP contribution is -2.12. The minimum Gasteiger partial charge on any atom is -0.456 e. The zero-order valence-corrected chi connectivity index (χ0v) is 18.6. The number of benzene rings is 1. The third-order valence-corrected chi connectivity index (χ3v) is 6.96. The molecule has 0 unspecified atom stereocenters. The summed E-state index contributed by atoms with van der Waals surface area (Å²) < 4.78 is 5.75. The van der Waals surface area contributed by atoms with Gasteiger partial charge in [-0.05, 0) is 55.5 Å². The van der Waals surface area contributed by atoms with Crippen molar-refractivity contribution in [3.8, 4) is 17.4 Å². The number of nitrogens with zero attached hydrogens (tertiary/aromatic N) is 3. The summed E-state index contributed by atoms with van der Waals surface area (Å²) in [6.07, 6.45) is 5.41. The summed E-state index contributed by atoms with van der Waals surface area (Å²) in [5.41, 5.74) is 1.01. The van der Waals surface area contributed by atoms with Crippen LogP contribution in [0.25, 0.3) is 33.2 Å². The number of hydrogen-bond donors (Lipinski definition) is 1. The second kappa shape index (κ2) is 8.31. The van der Waals surface area contributed by atoms with Crippen molar-refractivity contribution in [3.63, 3.8) is 0 Å². The molecule has 3 heterocycles. The average molecular weight is 479 g/mol. The van der Waals surface area contributed by atoms with E-state index in [4.69, 9.17) is 16.0 Å². The summed E-state index contributed by atoms with van der Waals surface area (Å²) in [5, 5.41) is 22.0. The van der Waals surface area contributed by atoms with Gasteiger partial charge in [0.1, 0.15) is 22.4 Å². The first-order valence-corrected chi connectivity index (χ1v) is 11.3. The van der Waals surface area contributed by atoms with Crippen molar-refractivity contribution in [2.24, 2.45) is 0 Å². The smallest absolute Gasteiger partial charge is 0.281 e. The second-order valence-corrected chi connectivity index (χ2v) is 9.12. The van der Waals surface area contributed by atoms with Crippen LogP contribution in [0.1, 0.15) is 34.9 Å². The number of allylic oxidation sites excluding steroid dienone is 1. The monoisotopic (exact) mass is 478 g/mol. The summed E-state index contributed by atoms with van der Waals surface area (Å²) in [4.78, 5) is 32.7. The molecular formula is C23H15ClN4O4S. The Kier molecular flexibility index (Phi) is 5.32. The number of rotatable bonds is 4. The van der Waals surface area contributed by atoms with Crippen molar-refractivity contribution in [2.75, 3.05) is 0 Å². The molecule has 0 spiro atoms. The maximum Gasteiger partial charge on any atom is 0.281 e. The van der Waals surface area contributed by atoms with Gasteiger partial charge in [0, 0.05) is 22.0 Å². The molecule has 164 valence electrons. The number of thiophene rings is 1. The van der Waals surface area contributed by atoms with Crippen LogP contribution in [0.2, 0.25) is 5.02 Å². The predicted molar refractivity (Wildman–Crippen MR) is 126 cm³/mol. The van der Waals surface area contributed by atoms with Gasteiger partial charge >= 0.3 is 0 Å². The van der Waals surface area contributed by atoms with E-state index in [-0.39, 0.29) is 39.0 Å². The van der Waals surface area contributed by atoms with E-state index in [1.807, 2.05) is 0 Å². The molecule has 1 aliphatic rings. The van der Waals surface area contributed by atoms with E-state index in [1.165, 1.54) is 40.5 Å². The number of hydrogen-bond acceptors (Lipinski definition) is 7. The number of aromatic amines is 1. The fourth-order valence-corrected chi connectivity index (χ4v) is 5.46. The van der Waals surface area contributed by atoms with Crippen molar-refractivity contribution in [2.45, 2.75) is 25.7 Å². The van der Waals surface area contributed by atoms with Crippen LogP contribution in [-0.2, 0) is 12.8 Å². The van der Waals surface area contributed by atoms with E-state index >= 15 is 0 Å². The SMILES string of the molecule is N#C/C(=C\c1ccc(-c2ccc(Cl)cc2[N+](=O)[O-])o1)c1nc2sc3c(c2c(=O)[nH]1)CCCC3. The molecule has 33 heavy (non-hydrogen) atoms. The first kappa shape index (κ1) is 21.1. The number of aryl methyl sites for hydroxylation is 2. The first-order valence-electron chi connectivity index (χ1n) is 10.2. The van der Waals surface area contributed by atoms with Gasteiger partial charge in [0.2, 0.25) is 0 Å². The minimum atomic E-state index is -0.537. The molecule has 1 aliphatic carbocycles. The van der Waals surface area contributed by atoms with Crippen LogP contribution in [0.4, 0.5) is 5.69 Å². The lowest BCUT2D eigenvalue weighted by Gasteiger charge is -2.09. The summed E-state index contributed by atoms with van der Waals surface area (Å²) in [5.74, 6) is 0.702. The molecule has 10 heteroatoms. The molecule has 0 saturated heterocycles. The van der Waals surface area contributed by atoms with Crippen LogP contribution >= 0.6 is 22.9 Å². The number of H-pyrrole nitrogens is 1. The molecule has 0 saturated carbocycles. The normalized spacial score (nSPS) is 13.6. The van der Waals surface area contributed by atoms with E-state index in [2.05, 4.69) is 16.0 Å². The van der Waals surface area contributed by atoms with Gasteiger partial charge in [-0.25, -0.2) is 4.98 Å². The van der Waals surface area contributed by atoms with E-state index in [9.17, 15) is 20.2 Å². The van der Waals surface area contributed by atoms with Crippen molar-refractivity contribution in [3.05, 3.63) is 77.8 Å². The maximum absolute atomic E-state index is 12.8. The summed E-state index contributed by atoms with van der Waals surface area (Å²) in [7, 11) is 0. The van der Waals surface area contributed by atoms with Crippen LogP contribution in [0, 0.1) is 21.4 Å². The highest BCUT2D eigenvalue weighted by molar-refractivity contribution is 7.18. The Labute approximate surface area is 195 Å². The molecule has 0 radical (unpaired) electrons. The minimum absolute atomic E-state index is 0.117. The zero-order valence-electron chi connectivity index (χ0n) is 17.1. The largest absolute Gasteiger partial charge is 0.456 e. The van der Waals surface area contributed by atoms with Crippen molar-refractivity contribution in [1.29, 1.82) is 5.26 Å². The molecular weight excluding hydrogens is 464 g/mol. The highest BCUT2D eigenvalue weighted by atomic mass is 35.5. The summed E-state index contributed by atoms with van der Waals surface area (Å²) in [6, 6.07) is 9.50. The van der Waals surface area contributed by atoms with Crippen molar-refractivity contribution >= 4 is 50.5 Å². The third-order valence-electron chi connectivity index (χ3n) is 5.54. The molecule has 0 amide bonds. The Morgan fingerprint density at radius 2 is 2.12 bits per heavy atom. The highest BCUT2D eigenvalue weighted by Gasteiger charge is 2.21. The maximum atomic E-state index is 12.8. The summed E-state index contributed by atoms with van der Waals surface area (Å²) >= 11 is 7.38. The number of fused-ring (bicyclic) bond motifs is 3. The van der Waals surface area contributed by atoms with E-state index in [1.54, 1.807) is 12.1 Å². The van der Waals surface area contributed by atoms with E-state index < -0.39 is 4.92 Å². The Morgan fingerprint density at radius 3 is 2.91 bits per heavy atom. The molecule has 0 bridgehead atoms. The zero-order chi connectivity index (χ0) is 23.1. The molecule has 0 atom stereocenters. The molecule has 1 aromatic carbocycles.